The van der Waals surface area contributed by atoms with E-state index in [0.717, 1.165) is 0 Å². The molecule has 1 aromatic heterocycles. The molecule has 0 saturated carbocycles. The van der Waals surface area contributed by atoms with Crippen molar-refractivity contribution >= 4 is 39.7 Å². The normalized spacial score (nSPS) is 11.3. The molecule has 0 aliphatic carbocycles. The van der Waals surface area contributed by atoms with Crippen LogP contribution < -0.4 is 10.6 Å². The van der Waals surface area contributed by atoms with E-state index in [1.807, 2.05) is 0 Å². The number of nitrogens with one attached hydrogen (secondary N) is 2. The number of hydrogen-bond donors (Lipinski definition) is 2. The summed E-state index contributed by atoms with van der Waals surface area (Å²) in [6.07, 6.45) is 0.549. The Hall–Kier alpha value is -3.27. The summed E-state index contributed by atoms with van der Waals surface area (Å²) in [5.41, 5.74) is 0.155. The van der Waals surface area contributed by atoms with Crippen molar-refractivity contribution in [2.75, 3.05) is 17.2 Å². The van der Waals surface area contributed by atoms with Gasteiger partial charge in [-0.1, -0.05) is 12.1 Å². The second-order valence-electron chi connectivity index (χ2n) is 5.05. The first-order valence-corrected chi connectivity index (χ1v) is 8.35. The van der Waals surface area contributed by atoms with Crippen molar-refractivity contribution in [3.05, 3.63) is 58.1 Å². The molecule has 0 saturated heterocycles. The summed E-state index contributed by atoms with van der Waals surface area (Å²) in [6.45, 7) is 5.47. The molecule has 1 amide bonds. The average Bonchev–Trinajstić information content (AvgIpc) is 3.09. The number of non-ortho nitro benzene ring substituents is 1. The number of ether oxygens (including phenoxy) is 1. The fourth-order valence-electron chi connectivity index (χ4n) is 1.82. The van der Waals surface area contributed by atoms with Crippen molar-refractivity contribution in [2.45, 2.75) is 13.0 Å². The lowest BCUT2D eigenvalue weighted by atomic mass is 10.2. The molecule has 136 valence electrons. The second kappa shape index (κ2) is 8.72. The topological polar surface area (TPSA) is 123 Å². The number of carbonyl (C=O) groups excluding carboxylic acids is 2. The van der Waals surface area contributed by atoms with Crippen LogP contribution >= 0.6 is 11.3 Å². The fraction of sp³-hybridized carbons (Fsp3) is 0.188. The van der Waals surface area contributed by atoms with E-state index in [9.17, 15) is 19.7 Å². The number of aromatic nitrogens is 1. The summed E-state index contributed by atoms with van der Waals surface area (Å²) in [7, 11) is 0. The number of nitrogens with zero attached hydrogens (tertiary/aromatic N) is 2. The van der Waals surface area contributed by atoms with Crippen LogP contribution in [0.25, 0.3) is 0 Å². The maximum atomic E-state index is 12.1. The maximum absolute atomic E-state index is 12.1. The number of esters is 1. The summed E-state index contributed by atoms with van der Waals surface area (Å²) >= 11 is 1.22. The van der Waals surface area contributed by atoms with Gasteiger partial charge in [-0.15, -0.1) is 17.9 Å². The molecule has 9 nitrogen and oxygen atoms in total. The van der Waals surface area contributed by atoms with Gasteiger partial charge in [0.1, 0.15) is 0 Å². The van der Waals surface area contributed by atoms with Crippen molar-refractivity contribution in [1.29, 1.82) is 0 Å². The third-order valence-electron chi connectivity index (χ3n) is 3.09. The van der Waals surface area contributed by atoms with Gasteiger partial charge in [0.15, 0.2) is 16.9 Å². The minimum atomic E-state index is -1.10. The maximum Gasteiger partial charge on any atom is 0.358 e. The predicted molar refractivity (Wildman–Crippen MR) is 97.4 cm³/mol. The molecule has 0 spiro atoms. The van der Waals surface area contributed by atoms with E-state index in [0.29, 0.717) is 11.7 Å². The van der Waals surface area contributed by atoms with E-state index in [1.54, 1.807) is 6.08 Å². The largest absolute Gasteiger partial charge is 0.448 e. The van der Waals surface area contributed by atoms with Crippen molar-refractivity contribution < 1.29 is 19.2 Å². The summed E-state index contributed by atoms with van der Waals surface area (Å²) in [5, 5.41) is 18.2. The zero-order chi connectivity index (χ0) is 19.1. The standard InChI is InChI=1S/C16H16N4O5S/c1-3-7-17-16-19-13(9-26-16)15(22)25-10(2)14(21)18-11-5-4-6-12(8-11)20(23)24/h3-6,8-10H,1,7H2,2H3,(H,17,19)(H,18,21)/t10-/m1/s1. The molecule has 0 aliphatic heterocycles. The Labute approximate surface area is 152 Å². The molecule has 2 aromatic rings. The lowest BCUT2D eigenvalue weighted by Gasteiger charge is -2.12. The van der Waals surface area contributed by atoms with E-state index in [4.69, 9.17) is 4.74 Å². The molecule has 2 rings (SSSR count). The van der Waals surface area contributed by atoms with Crippen molar-refractivity contribution in [1.82, 2.24) is 4.98 Å². The molecule has 0 radical (unpaired) electrons. The van der Waals surface area contributed by atoms with E-state index >= 15 is 0 Å². The number of benzene rings is 1. The first-order chi connectivity index (χ1) is 12.4. The average molecular weight is 376 g/mol. The van der Waals surface area contributed by atoms with Gasteiger partial charge in [0.25, 0.3) is 11.6 Å². The van der Waals surface area contributed by atoms with Gasteiger partial charge in [-0.25, -0.2) is 9.78 Å². The van der Waals surface area contributed by atoms with E-state index < -0.39 is 22.9 Å². The third kappa shape index (κ3) is 5.11. The van der Waals surface area contributed by atoms with Crippen LogP contribution in [0.4, 0.5) is 16.5 Å². The molecule has 1 heterocycles. The lowest BCUT2D eigenvalue weighted by Crippen LogP contribution is -2.30. The Morgan fingerprint density at radius 3 is 2.96 bits per heavy atom. The SMILES string of the molecule is C=CCNc1nc(C(=O)O[C@H](C)C(=O)Nc2cccc([N+](=O)[O-])c2)cs1. The van der Waals surface area contributed by atoms with Crippen LogP contribution in [0.15, 0.2) is 42.3 Å². The van der Waals surface area contributed by atoms with Gasteiger partial charge in [0.05, 0.1) is 4.92 Å². The number of carbonyl (C=O) groups is 2. The molecule has 1 aromatic carbocycles. The third-order valence-corrected chi connectivity index (χ3v) is 3.89. The molecule has 1 atom stereocenters. The zero-order valence-electron chi connectivity index (χ0n) is 13.8. The van der Waals surface area contributed by atoms with Crippen LogP contribution in [0.3, 0.4) is 0 Å². The molecule has 0 fully saturated rings. The molecule has 0 aliphatic rings. The van der Waals surface area contributed by atoms with Crippen LogP contribution in [-0.4, -0.2) is 34.4 Å². The minimum Gasteiger partial charge on any atom is -0.448 e. The second-order valence-corrected chi connectivity index (χ2v) is 5.91. The molecular formula is C16H16N4O5S. The first kappa shape index (κ1) is 19.1. The summed E-state index contributed by atoms with van der Waals surface area (Å²) in [5.74, 6) is -1.35. The molecular weight excluding hydrogens is 360 g/mol. The van der Waals surface area contributed by atoms with Gasteiger partial charge in [-0.05, 0) is 13.0 Å². The smallest absolute Gasteiger partial charge is 0.358 e. The summed E-state index contributed by atoms with van der Waals surface area (Å²) in [4.78, 5) is 38.4. The number of nitro benzene ring substituents is 1. The minimum absolute atomic E-state index is 0.0801. The Kier molecular flexibility index (Phi) is 6.39. The number of rotatable bonds is 8. The summed E-state index contributed by atoms with van der Waals surface area (Å²) in [6, 6.07) is 5.46. The Morgan fingerprint density at radius 2 is 2.27 bits per heavy atom. The van der Waals surface area contributed by atoms with Crippen molar-refractivity contribution in [2.24, 2.45) is 0 Å². The number of nitro groups is 1. The van der Waals surface area contributed by atoms with Gasteiger partial charge < -0.3 is 15.4 Å². The molecule has 0 bridgehead atoms. The van der Waals surface area contributed by atoms with Crippen LogP contribution in [0.5, 0.6) is 0 Å². The molecule has 26 heavy (non-hydrogen) atoms. The number of anilines is 2. The highest BCUT2D eigenvalue weighted by molar-refractivity contribution is 7.13. The molecule has 0 unspecified atom stereocenters. The monoisotopic (exact) mass is 376 g/mol. The fourth-order valence-corrected chi connectivity index (χ4v) is 2.51. The highest BCUT2D eigenvalue weighted by Crippen LogP contribution is 2.18. The first-order valence-electron chi connectivity index (χ1n) is 7.47. The Morgan fingerprint density at radius 1 is 1.50 bits per heavy atom. The van der Waals surface area contributed by atoms with Crippen LogP contribution in [-0.2, 0) is 9.53 Å². The zero-order valence-corrected chi connectivity index (χ0v) is 14.6. The summed E-state index contributed by atoms with van der Waals surface area (Å²) < 4.78 is 5.08. The number of amides is 1. The molecule has 10 heteroatoms. The van der Waals surface area contributed by atoms with Gasteiger partial charge in [0.2, 0.25) is 0 Å². The predicted octanol–water partition coefficient (Wildman–Crippen LogP) is 2.83. The van der Waals surface area contributed by atoms with Crippen LogP contribution in [0.1, 0.15) is 17.4 Å². The molecule has 2 N–H and O–H groups in total. The van der Waals surface area contributed by atoms with Gasteiger partial charge >= 0.3 is 5.97 Å². The van der Waals surface area contributed by atoms with Crippen molar-refractivity contribution in [3.8, 4) is 0 Å². The van der Waals surface area contributed by atoms with E-state index in [2.05, 4.69) is 22.2 Å². The van der Waals surface area contributed by atoms with Crippen LogP contribution in [0.2, 0.25) is 0 Å². The number of thiazole rings is 1. The quantitative estimate of drug-likeness (QED) is 0.314. The lowest BCUT2D eigenvalue weighted by molar-refractivity contribution is -0.384. The van der Waals surface area contributed by atoms with Gasteiger partial charge in [-0.3, -0.25) is 14.9 Å². The highest BCUT2D eigenvalue weighted by Gasteiger charge is 2.21. The van der Waals surface area contributed by atoms with E-state index in [1.165, 1.54) is 47.9 Å². The van der Waals surface area contributed by atoms with E-state index in [-0.39, 0.29) is 17.1 Å². The Bertz CT molecular complexity index is 836. The van der Waals surface area contributed by atoms with Crippen molar-refractivity contribution in [3.63, 3.8) is 0 Å². The van der Waals surface area contributed by atoms with Gasteiger partial charge in [0, 0.05) is 29.7 Å². The van der Waals surface area contributed by atoms with Crippen LogP contribution in [0, 0.1) is 10.1 Å². The number of hydrogen-bond acceptors (Lipinski definition) is 8. The highest BCUT2D eigenvalue weighted by atomic mass is 32.1. The van der Waals surface area contributed by atoms with Gasteiger partial charge in [-0.2, -0.15) is 0 Å². The Balaban J connectivity index is 1.94.